The Bertz CT molecular complexity index is 374. The average molecular weight is 254 g/mol. The predicted octanol–water partition coefficient (Wildman–Crippen LogP) is 2.61. The number of ether oxygens (including phenoxy) is 1. The maximum atomic E-state index is 11.6. The maximum absolute atomic E-state index is 11.6. The first-order valence-corrected chi connectivity index (χ1v) is 6.68. The van der Waals surface area contributed by atoms with Crippen LogP contribution < -0.4 is 0 Å². The SMILES string of the molecule is CC1(C)C2CCC1(C)C(OC(=O)CCC(=O)O)C2. The smallest absolute Gasteiger partial charge is 0.306 e. The number of fused-ring (bicyclic) bond motifs is 2. The molecule has 3 atom stereocenters. The van der Waals surface area contributed by atoms with Gasteiger partial charge in [0.05, 0.1) is 12.8 Å². The van der Waals surface area contributed by atoms with Gasteiger partial charge in [0.25, 0.3) is 0 Å². The highest BCUT2D eigenvalue weighted by Gasteiger charge is 2.62. The van der Waals surface area contributed by atoms with Gasteiger partial charge in [-0.1, -0.05) is 20.8 Å². The highest BCUT2D eigenvalue weighted by Crippen LogP contribution is 2.66. The normalized spacial score (nSPS) is 36.6. The zero-order valence-corrected chi connectivity index (χ0v) is 11.4. The Labute approximate surface area is 108 Å². The summed E-state index contributed by atoms with van der Waals surface area (Å²) in [7, 11) is 0. The molecule has 102 valence electrons. The van der Waals surface area contributed by atoms with Crippen LogP contribution in [0.4, 0.5) is 0 Å². The number of carboxylic acids is 1. The van der Waals surface area contributed by atoms with Crippen molar-refractivity contribution in [3.05, 3.63) is 0 Å². The third kappa shape index (κ3) is 1.91. The Balaban J connectivity index is 1.96. The highest BCUT2D eigenvalue weighted by molar-refractivity contribution is 5.76. The molecule has 4 nitrogen and oxygen atoms in total. The first-order chi connectivity index (χ1) is 8.27. The minimum Gasteiger partial charge on any atom is -0.481 e. The van der Waals surface area contributed by atoms with Crippen molar-refractivity contribution in [3.63, 3.8) is 0 Å². The Morgan fingerprint density at radius 3 is 2.39 bits per heavy atom. The minimum atomic E-state index is -0.952. The van der Waals surface area contributed by atoms with Crippen LogP contribution in [0.25, 0.3) is 0 Å². The van der Waals surface area contributed by atoms with Crippen molar-refractivity contribution in [1.29, 1.82) is 0 Å². The second-order valence-corrected chi connectivity index (χ2v) is 6.48. The van der Waals surface area contributed by atoms with Gasteiger partial charge in [0.15, 0.2) is 0 Å². The summed E-state index contributed by atoms with van der Waals surface area (Å²) in [6, 6.07) is 0. The van der Waals surface area contributed by atoms with E-state index in [2.05, 4.69) is 20.8 Å². The lowest BCUT2D eigenvalue weighted by molar-refractivity contribution is -0.158. The molecule has 2 aliphatic carbocycles. The van der Waals surface area contributed by atoms with Gasteiger partial charge in [-0.05, 0) is 30.6 Å². The highest BCUT2D eigenvalue weighted by atomic mass is 16.5. The van der Waals surface area contributed by atoms with Crippen LogP contribution in [0.15, 0.2) is 0 Å². The molecule has 2 saturated carbocycles. The van der Waals surface area contributed by atoms with E-state index in [4.69, 9.17) is 9.84 Å². The number of carbonyl (C=O) groups is 2. The summed E-state index contributed by atoms with van der Waals surface area (Å²) in [6.45, 7) is 6.72. The quantitative estimate of drug-likeness (QED) is 0.783. The zero-order valence-electron chi connectivity index (χ0n) is 11.4. The Morgan fingerprint density at radius 1 is 1.28 bits per heavy atom. The number of hydrogen-bond donors (Lipinski definition) is 1. The second-order valence-electron chi connectivity index (χ2n) is 6.48. The molecule has 0 saturated heterocycles. The van der Waals surface area contributed by atoms with Gasteiger partial charge in [-0.15, -0.1) is 0 Å². The molecular formula is C14H22O4. The van der Waals surface area contributed by atoms with E-state index in [0.29, 0.717) is 5.92 Å². The zero-order chi connectivity index (χ0) is 13.6. The van der Waals surface area contributed by atoms with Crippen LogP contribution in [0.2, 0.25) is 0 Å². The summed E-state index contributed by atoms with van der Waals surface area (Å²) in [5.74, 6) is -0.696. The van der Waals surface area contributed by atoms with E-state index in [1.807, 2.05) is 0 Å². The van der Waals surface area contributed by atoms with E-state index in [9.17, 15) is 9.59 Å². The standard InChI is InChI=1S/C14H22O4/c1-13(2)9-6-7-14(13,3)10(8-9)18-12(17)5-4-11(15)16/h9-10H,4-8H2,1-3H3,(H,15,16). The summed E-state index contributed by atoms with van der Waals surface area (Å²) < 4.78 is 5.53. The molecule has 0 spiro atoms. The summed E-state index contributed by atoms with van der Waals surface area (Å²) in [4.78, 5) is 22.1. The molecule has 0 aromatic heterocycles. The van der Waals surface area contributed by atoms with Gasteiger partial charge in [0.1, 0.15) is 6.10 Å². The molecule has 2 bridgehead atoms. The molecule has 0 amide bonds. The Kier molecular flexibility index (Phi) is 3.16. The van der Waals surface area contributed by atoms with Crippen molar-refractivity contribution in [2.75, 3.05) is 0 Å². The third-order valence-corrected chi connectivity index (χ3v) is 5.53. The first kappa shape index (κ1) is 13.4. The van der Waals surface area contributed by atoms with E-state index in [-0.39, 0.29) is 35.7 Å². The molecule has 4 heteroatoms. The Morgan fingerprint density at radius 2 is 1.94 bits per heavy atom. The van der Waals surface area contributed by atoms with Gasteiger partial charge in [-0.2, -0.15) is 0 Å². The first-order valence-electron chi connectivity index (χ1n) is 6.68. The van der Waals surface area contributed by atoms with E-state index in [0.717, 1.165) is 12.8 Å². The lowest BCUT2D eigenvalue weighted by Crippen LogP contribution is -2.38. The molecule has 2 aliphatic rings. The number of carbonyl (C=O) groups excluding carboxylic acids is 1. The summed E-state index contributed by atoms with van der Waals surface area (Å²) in [5, 5.41) is 8.55. The van der Waals surface area contributed by atoms with Gasteiger partial charge >= 0.3 is 11.9 Å². The van der Waals surface area contributed by atoms with Crippen molar-refractivity contribution >= 4 is 11.9 Å². The Hall–Kier alpha value is -1.06. The van der Waals surface area contributed by atoms with Gasteiger partial charge < -0.3 is 9.84 Å². The molecule has 0 radical (unpaired) electrons. The topological polar surface area (TPSA) is 63.6 Å². The van der Waals surface area contributed by atoms with Crippen molar-refractivity contribution in [2.45, 2.75) is 59.0 Å². The molecule has 18 heavy (non-hydrogen) atoms. The van der Waals surface area contributed by atoms with Crippen molar-refractivity contribution in [2.24, 2.45) is 16.7 Å². The number of aliphatic carboxylic acids is 1. The third-order valence-electron chi connectivity index (χ3n) is 5.53. The predicted molar refractivity (Wildman–Crippen MR) is 66.0 cm³/mol. The largest absolute Gasteiger partial charge is 0.481 e. The summed E-state index contributed by atoms with van der Waals surface area (Å²) in [5.41, 5.74) is 0.265. The van der Waals surface area contributed by atoms with Gasteiger partial charge in [0, 0.05) is 5.41 Å². The van der Waals surface area contributed by atoms with E-state index in [1.54, 1.807) is 0 Å². The molecule has 0 aromatic rings. The second kappa shape index (κ2) is 4.25. The fourth-order valence-electron chi connectivity index (χ4n) is 3.74. The van der Waals surface area contributed by atoms with Crippen LogP contribution >= 0.6 is 0 Å². The lowest BCUT2D eigenvalue weighted by atomic mass is 9.70. The molecule has 2 fully saturated rings. The van der Waals surface area contributed by atoms with Crippen molar-refractivity contribution < 1.29 is 19.4 Å². The van der Waals surface area contributed by atoms with Crippen molar-refractivity contribution in [3.8, 4) is 0 Å². The van der Waals surface area contributed by atoms with Crippen LogP contribution in [-0.2, 0) is 14.3 Å². The molecule has 3 unspecified atom stereocenters. The average Bonchev–Trinajstić information content (AvgIpc) is 2.59. The molecular weight excluding hydrogens is 232 g/mol. The van der Waals surface area contributed by atoms with Gasteiger partial charge in [-0.25, -0.2) is 0 Å². The molecule has 2 rings (SSSR count). The molecule has 0 heterocycles. The monoisotopic (exact) mass is 254 g/mol. The van der Waals surface area contributed by atoms with Gasteiger partial charge in [-0.3, -0.25) is 9.59 Å². The van der Waals surface area contributed by atoms with E-state index in [1.165, 1.54) is 6.42 Å². The van der Waals surface area contributed by atoms with Crippen molar-refractivity contribution in [1.82, 2.24) is 0 Å². The number of esters is 1. The van der Waals surface area contributed by atoms with Crippen LogP contribution in [-0.4, -0.2) is 23.1 Å². The van der Waals surface area contributed by atoms with Crippen LogP contribution in [0, 0.1) is 16.7 Å². The lowest BCUT2D eigenvalue weighted by Gasteiger charge is -2.38. The number of hydrogen-bond acceptors (Lipinski definition) is 3. The van der Waals surface area contributed by atoms with E-state index >= 15 is 0 Å². The number of carboxylic acid groups (broad SMARTS) is 1. The molecule has 1 N–H and O–H groups in total. The number of rotatable bonds is 4. The van der Waals surface area contributed by atoms with Gasteiger partial charge in [0.2, 0.25) is 0 Å². The maximum Gasteiger partial charge on any atom is 0.306 e. The van der Waals surface area contributed by atoms with Crippen LogP contribution in [0.1, 0.15) is 52.9 Å². The van der Waals surface area contributed by atoms with E-state index < -0.39 is 5.97 Å². The fraction of sp³-hybridized carbons (Fsp3) is 0.857. The summed E-state index contributed by atoms with van der Waals surface area (Å²) in [6.07, 6.45) is 3.05. The molecule has 0 aromatic carbocycles. The van der Waals surface area contributed by atoms with Crippen LogP contribution in [0.3, 0.4) is 0 Å². The minimum absolute atomic E-state index is 0.0208. The fourth-order valence-corrected chi connectivity index (χ4v) is 3.74. The van der Waals surface area contributed by atoms with Crippen LogP contribution in [0.5, 0.6) is 0 Å². The summed E-state index contributed by atoms with van der Waals surface area (Å²) >= 11 is 0. The molecule has 0 aliphatic heterocycles.